The summed E-state index contributed by atoms with van der Waals surface area (Å²) >= 11 is 3.45. The number of halogens is 1. The minimum Gasteiger partial charge on any atom is -0.459 e. The van der Waals surface area contributed by atoms with Crippen LogP contribution in [0.4, 0.5) is 11.4 Å². The second kappa shape index (κ2) is 8.27. The second-order valence-electron chi connectivity index (χ2n) is 8.21. The predicted octanol–water partition coefficient (Wildman–Crippen LogP) is 5.76. The number of amides is 2. The van der Waals surface area contributed by atoms with Gasteiger partial charge in [-0.1, -0.05) is 64.5 Å². The molecule has 6 nitrogen and oxygen atoms in total. The maximum absolute atomic E-state index is 13.6. The highest BCUT2D eigenvalue weighted by Crippen LogP contribution is 2.48. The van der Waals surface area contributed by atoms with Gasteiger partial charge in [0, 0.05) is 10.0 Å². The Kier molecular flexibility index (Phi) is 5.08. The molecule has 3 unspecified atom stereocenters. The molecule has 3 heterocycles. The number of furan rings is 1. The molecule has 7 heteroatoms. The molecule has 0 bridgehead atoms. The first kappa shape index (κ1) is 20.9. The van der Waals surface area contributed by atoms with Crippen LogP contribution in [0, 0.1) is 5.92 Å². The van der Waals surface area contributed by atoms with E-state index in [1.165, 1.54) is 4.90 Å². The fourth-order valence-corrected chi connectivity index (χ4v) is 4.88. The van der Waals surface area contributed by atoms with Crippen LogP contribution in [0.3, 0.4) is 0 Å². The minimum atomic E-state index is -0.931. The van der Waals surface area contributed by atoms with Crippen molar-refractivity contribution in [1.29, 1.82) is 0 Å². The number of para-hydroxylation sites is 2. The fourth-order valence-electron chi connectivity index (χ4n) is 4.61. The van der Waals surface area contributed by atoms with Gasteiger partial charge in [-0.25, -0.2) is 9.96 Å². The summed E-state index contributed by atoms with van der Waals surface area (Å²) in [6.07, 6.45) is -0.931. The summed E-state index contributed by atoms with van der Waals surface area (Å²) in [6.45, 7) is 0. The van der Waals surface area contributed by atoms with E-state index in [0.717, 1.165) is 15.7 Å². The van der Waals surface area contributed by atoms with Crippen LogP contribution in [0.5, 0.6) is 0 Å². The van der Waals surface area contributed by atoms with Gasteiger partial charge in [0.1, 0.15) is 23.5 Å². The van der Waals surface area contributed by atoms with Gasteiger partial charge in [-0.3, -0.25) is 14.4 Å². The van der Waals surface area contributed by atoms with Crippen LogP contribution in [0.25, 0.3) is 11.3 Å². The Balaban J connectivity index is 1.42. The van der Waals surface area contributed by atoms with Gasteiger partial charge in [-0.15, -0.1) is 0 Å². The number of benzene rings is 3. The van der Waals surface area contributed by atoms with Crippen molar-refractivity contribution in [2.75, 3.05) is 9.96 Å². The number of fused-ring (bicyclic) bond motifs is 1. The number of hydrogen-bond donors (Lipinski definition) is 0. The van der Waals surface area contributed by atoms with Crippen LogP contribution in [0.15, 0.2) is 106 Å². The van der Waals surface area contributed by atoms with E-state index in [0.29, 0.717) is 17.2 Å². The number of carbonyl (C=O) groups is 2. The third-order valence-electron chi connectivity index (χ3n) is 6.19. The molecule has 2 aliphatic heterocycles. The van der Waals surface area contributed by atoms with Gasteiger partial charge in [0.05, 0.1) is 11.4 Å². The van der Waals surface area contributed by atoms with Crippen molar-refractivity contribution in [2.24, 2.45) is 5.92 Å². The van der Waals surface area contributed by atoms with Crippen molar-refractivity contribution in [2.45, 2.75) is 12.1 Å². The maximum Gasteiger partial charge on any atom is 0.266 e. The molecule has 0 spiro atoms. The average Bonchev–Trinajstić information content (AvgIpc) is 3.56. The SMILES string of the molecule is O=C1C2ON(c3ccccc3)C(c3ccc(-c4ccc(Br)cc4)o3)C2C(=O)N1c1ccccc1. The van der Waals surface area contributed by atoms with Gasteiger partial charge < -0.3 is 4.42 Å². The lowest BCUT2D eigenvalue weighted by molar-refractivity contribution is -0.126. The molecule has 1 aromatic heterocycles. The van der Waals surface area contributed by atoms with Gasteiger partial charge in [0.2, 0.25) is 5.91 Å². The lowest BCUT2D eigenvalue weighted by Gasteiger charge is -2.27. The van der Waals surface area contributed by atoms with Gasteiger partial charge in [-0.2, -0.15) is 0 Å². The Morgan fingerprint density at radius 1 is 0.706 bits per heavy atom. The summed E-state index contributed by atoms with van der Waals surface area (Å²) in [5.41, 5.74) is 2.20. The first-order valence-electron chi connectivity index (χ1n) is 10.9. The lowest BCUT2D eigenvalue weighted by Crippen LogP contribution is -2.37. The molecular weight excluding hydrogens is 496 g/mol. The summed E-state index contributed by atoms with van der Waals surface area (Å²) in [7, 11) is 0. The Morgan fingerprint density at radius 2 is 1.35 bits per heavy atom. The number of imide groups is 1. The van der Waals surface area contributed by atoms with Crippen molar-refractivity contribution < 1.29 is 18.8 Å². The molecule has 0 aliphatic carbocycles. The number of carbonyl (C=O) groups excluding carboxylic acids is 2. The van der Waals surface area contributed by atoms with Gasteiger partial charge in [0.15, 0.2) is 6.10 Å². The molecule has 3 atom stereocenters. The molecule has 2 aliphatic rings. The first-order valence-corrected chi connectivity index (χ1v) is 11.7. The van der Waals surface area contributed by atoms with Crippen LogP contribution >= 0.6 is 15.9 Å². The third kappa shape index (κ3) is 3.36. The zero-order valence-corrected chi connectivity index (χ0v) is 19.5. The van der Waals surface area contributed by atoms with Crippen LogP contribution in [0.2, 0.25) is 0 Å². The smallest absolute Gasteiger partial charge is 0.266 e. The molecule has 3 aromatic carbocycles. The maximum atomic E-state index is 13.6. The van der Waals surface area contributed by atoms with Crippen molar-refractivity contribution in [3.63, 3.8) is 0 Å². The Morgan fingerprint density at radius 3 is 2.03 bits per heavy atom. The molecule has 0 radical (unpaired) electrons. The number of anilines is 2. The number of rotatable bonds is 4. The topological polar surface area (TPSA) is 63.0 Å². The largest absolute Gasteiger partial charge is 0.459 e. The molecule has 34 heavy (non-hydrogen) atoms. The summed E-state index contributed by atoms with van der Waals surface area (Å²) in [5, 5.41) is 1.64. The van der Waals surface area contributed by atoms with E-state index >= 15 is 0 Å². The normalized spacial score (nSPS) is 21.9. The highest BCUT2D eigenvalue weighted by atomic mass is 79.9. The van der Waals surface area contributed by atoms with E-state index in [-0.39, 0.29) is 11.8 Å². The molecule has 0 saturated carbocycles. The first-order chi connectivity index (χ1) is 16.6. The van der Waals surface area contributed by atoms with Crippen molar-refractivity contribution >= 4 is 39.1 Å². The highest BCUT2D eigenvalue weighted by molar-refractivity contribution is 9.10. The quantitative estimate of drug-likeness (QED) is 0.324. The molecule has 168 valence electrons. The Hall–Kier alpha value is -3.68. The lowest BCUT2D eigenvalue weighted by atomic mass is 9.94. The summed E-state index contributed by atoms with van der Waals surface area (Å²) in [4.78, 5) is 34.3. The zero-order chi connectivity index (χ0) is 23.2. The number of hydroxylamine groups is 1. The van der Waals surface area contributed by atoms with Crippen molar-refractivity contribution in [1.82, 2.24) is 0 Å². The predicted molar refractivity (Wildman–Crippen MR) is 131 cm³/mol. The molecule has 4 aromatic rings. The standard InChI is InChI=1S/C27H19BrN2O4/c28-18-13-11-17(12-14-18)21-15-16-22(33-21)24-23-25(34-30(24)20-9-5-2-6-10-20)27(32)29(26(23)31)19-7-3-1-4-8-19/h1-16,23-25H. The van der Waals surface area contributed by atoms with E-state index in [1.54, 1.807) is 29.3 Å². The van der Waals surface area contributed by atoms with E-state index in [4.69, 9.17) is 9.25 Å². The Labute approximate surface area is 204 Å². The van der Waals surface area contributed by atoms with Crippen LogP contribution in [-0.4, -0.2) is 17.9 Å². The van der Waals surface area contributed by atoms with Crippen LogP contribution < -0.4 is 9.96 Å². The van der Waals surface area contributed by atoms with E-state index in [1.807, 2.05) is 72.8 Å². The molecule has 2 saturated heterocycles. The van der Waals surface area contributed by atoms with E-state index < -0.39 is 18.1 Å². The second-order valence-corrected chi connectivity index (χ2v) is 9.13. The number of hydrogen-bond acceptors (Lipinski definition) is 5. The molecule has 2 amide bonds. The average molecular weight is 515 g/mol. The fraction of sp³-hybridized carbons (Fsp3) is 0.111. The van der Waals surface area contributed by atoms with Gasteiger partial charge in [0.25, 0.3) is 5.91 Å². The van der Waals surface area contributed by atoms with Crippen molar-refractivity contribution in [3.05, 3.63) is 107 Å². The summed E-state index contributed by atoms with van der Waals surface area (Å²) in [6, 6.07) is 29.3. The number of nitrogens with zero attached hydrogens (tertiary/aromatic N) is 2. The van der Waals surface area contributed by atoms with Crippen LogP contribution in [0.1, 0.15) is 11.8 Å². The monoisotopic (exact) mass is 514 g/mol. The van der Waals surface area contributed by atoms with Crippen molar-refractivity contribution in [3.8, 4) is 11.3 Å². The van der Waals surface area contributed by atoms with Crippen LogP contribution in [-0.2, 0) is 14.4 Å². The molecular formula is C27H19BrN2O4. The van der Waals surface area contributed by atoms with E-state index in [2.05, 4.69) is 15.9 Å². The van der Waals surface area contributed by atoms with Gasteiger partial charge >= 0.3 is 0 Å². The zero-order valence-electron chi connectivity index (χ0n) is 17.9. The summed E-state index contributed by atoms with van der Waals surface area (Å²) < 4.78 is 7.23. The third-order valence-corrected chi connectivity index (χ3v) is 6.72. The molecule has 2 fully saturated rings. The van der Waals surface area contributed by atoms with Gasteiger partial charge in [-0.05, 0) is 48.5 Å². The molecule has 0 N–H and O–H groups in total. The molecule has 6 rings (SSSR count). The summed E-state index contributed by atoms with van der Waals surface area (Å²) in [5.74, 6) is -0.173. The Bertz CT molecular complexity index is 1350. The minimum absolute atomic E-state index is 0.300. The highest BCUT2D eigenvalue weighted by Gasteiger charge is 2.61. The van der Waals surface area contributed by atoms with E-state index in [9.17, 15) is 9.59 Å².